The van der Waals surface area contributed by atoms with Crippen LogP contribution in [0.3, 0.4) is 0 Å². The number of thiazole rings is 1. The maximum Gasteiger partial charge on any atom is 0.350 e. The number of aromatic nitrogens is 1. The number of Topliss-reactive ketones (excluding diaryl/α,β-unsaturated/α-hetero) is 1. The van der Waals surface area contributed by atoms with Crippen molar-refractivity contribution in [1.29, 1.82) is 0 Å². The molecular formula is C23H17FN2O5S2. The van der Waals surface area contributed by atoms with Crippen molar-refractivity contribution in [3.05, 3.63) is 92.6 Å². The van der Waals surface area contributed by atoms with Crippen LogP contribution >= 0.6 is 22.7 Å². The molecule has 2 aromatic heterocycles. The predicted octanol–water partition coefficient (Wildman–Crippen LogP) is 4.78. The molecule has 0 fully saturated rings. The van der Waals surface area contributed by atoms with E-state index < -0.39 is 35.3 Å². The van der Waals surface area contributed by atoms with Gasteiger partial charge in [-0.1, -0.05) is 42.2 Å². The van der Waals surface area contributed by atoms with Crippen LogP contribution in [-0.2, 0) is 9.53 Å². The van der Waals surface area contributed by atoms with E-state index >= 15 is 0 Å². The van der Waals surface area contributed by atoms with Gasteiger partial charge in [0.2, 0.25) is 5.78 Å². The predicted molar refractivity (Wildman–Crippen MR) is 122 cm³/mol. The van der Waals surface area contributed by atoms with Crippen molar-refractivity contribution < 1.29 is 28.6 Å². The van der Waals surface area contributed by atoms with Crippen LogP contribution in [0.25, 0.3) is 0 Å². The summed E-state index contributed by atoms with van der Waals surface area (Å²) in [6, 6.07) is 7.47. The van der Waals surface area contributed by atoms with Gasteiger partial charge in [-0.2, -0.15) is 0 Å². The first-order chi connectivity index (χ1) is 15.8. The molecule has 0 radical (unpaired) electrons. The Hall–Kier alpha value is -3.63. The number of amides is 1. The molecule has 7 nitrogen and oxygen atoms in total. The molecular weight excluding hydrogens is 467 g/mol. The van der Waals surface area contributed by atoms with Crippen LogP contribution in [0.4, 0.5) is 9.52 Å². The topological polar surface area (TPSA) is 96.8 Å². The number of ketones is 1. The van der Waals surface area contributed by atoms with Gasteiger partial charge in [0.1, 0.15) is 17.3 Å². The number of halogens is 1. The van der Waals surface area contributed by atoms with Gasteiger partial charge in [0.05, 0.1) is 22.2 Å². The zero-order chi connectivity index (χ0) is 23.7. The van der Waals surface area contributed by atoms with E-state index in [1.807, 2.05) is 0 Å². The van der Waals surface area contributed by atoms with E-state index in [0.717, 1.165) is 16.2 Å². The molecule has 3 aromatic rings. The minimum Gasteiger partial charge on any atom is -0.503 e. The lowest BCUT2D eigenvalue weighted by molar-refractivity contribution is -0.117. The highest BCUT2D eigenvalue weighted by Crippen LogP contribution is 2.44. The first-order valence-corrected chi connectivity index (χ1v) is 11.4. The van der Waals surface area contributed by atoms with Gasteiger partial charge in [-0.05, 0) is 36.1 Å². The lowest BCUT2D eigenvalue weighted by atomic mass is 9.95. The van der Waals surface area contributed by atoms with Gasteiger partial charge in [-0.3, -0.25) is 14.5 Å². The zero-order valence-electron chi connectivity index (χ0n) is 17.3. The van der Waals surface area contributed by atoms with Crippen molar-refractivity contribution in [3.63, 3.8) is 0 Å². The number of aliphatic hydroxyl groups is 1. The molecule has 1 aliphatic heterocycles. The molecule has 0 saturated heterocycles. The van der Waals surface area contributed by atoms with E-state index in [1.165, 1.54) is 41.7 Å². The average molecular weight is 485 g/mol. The molecule has 168 valence electrons. The molecule has 1 atom stereocenters. The minimum absolute atomic E-state index is 0.00810. The standard InChI is InChI=1S/C23H17FN2O5S2/c1-3-10-31-22(30)20-12(2)25-23(33-20)26-17(13-6-8-14(24)9-7-13)16(19(28)21(26)29)18(27)15-5-4-11-32-15/h3-9,11,17,28H,1,10H2,2H3. The van der Waals surface area contributed by atoms with Crippen molar-refractivity contribution in [2.45, 2.75) is 13.0 Å². The highest BCUT2D eigenvalue weighted by Gasteiger charge is 2.46. The molecule has 1 aromatic carbocycles. The summed E-state index contributed by atoms with van der Waals surface area (Å²) in [5.74, 6) is -3.21. The van der Waals surface area contributed by atoms with E-state index in [0.29, 0.717) is 16.1 Å². The maximum absolute atomic E-state index is 13.6. The molecule has 0 saturated carbocycles. The van der Waals surface area contributed by atoms with Gasteiger partial charge in [0.15, 0.2) is 10.9 Å². The van der Waals surface area contributed by atoms with Crippen LogP contribution in [0.5, 0.6) is 0 Å². The Kier molecular flexibility index (Phi) is 6.21. The minimum atomic E-state index is -1.06. The lowest BCUT2D eigenvalue weighted by Crippen LogP contribution is -2.31. The molecule has 3 heterocycles. The number of rotatable bonds is 7. The van der Waals surface area contributed by atoms with Crippen LogP contribution in [0.2, 0.25) is 0 Å². The van der Waals surface area contributed by atoms with E-state index in [1.54, 1.807) is 24.4 Å². The van der Waals surface area contributed by atoms with Crippen LogP contribution in [0.15, 0.2) is 65.8 Å². The molecule has 1 unspecified atom stereocenters. The number of esters is 1. The van der Waals surface area contributed by atoms with Gasteiger partial charge < -0.3 is 9.84 Å². The summed E-state index contributed by atoms with van der Waals surface area (Å²) in [7, 11) is 0. The number of carbonyl (C=O) groups is 3. The molecule has 1 amide bonds. The van der Waals surface area contributed by atoms with Crippen LogP contribution in [0, 0.1) is 12.7 Å². The molecule has 0 spiro atoms. The second kappa shape index (κ2) is 9.08. The van der Waals surface area contributed by atoms with Crippen molar-refractivity contribution in [2.24, 2.45) is 0 Å². The number of nitrogens with zero attached hydrogens (tertiary/aromatic N) is 2. The van der Waals surface area contributed by atoms with E-state index in [-0.39, 0.29) is 22.2 Å². The summed E-state index contributed by atoms with van der Waals surface area (Å²) in [4.78, 5) is 44.7. The fourth-order valence-corrected chi connectivity index (χ4v) is 5.08. The van der Waals surface area contributed by atoms with Gasteiger partial charge in [0.25, 0.3) is 5.91 Å². The molecule has 0 bridgehead atoms. The Labute approximate surface area is 196 Å². The Morgan fingerprint density at radius 2 is 2.03 bits per heavy atom. The lowest BCUT2D eigenvalue weighted by Gasteiger charge is -2.24. The van der Waals surface area contributed by atoms with Crippen molar-refractivity contribution in [3.8, 4) is 0 Å². The number of carbonyl (C=O) groups excluding carboxylic acids is 3. The van der Waals surface area contributed by atoms with Crippen molar-refractivity contribution in [1.82, 2.24) is 4.98 Å². The number of benzene rings is 1. The Bertz CT molecular complexity index is 1280. The van der Waals surface area contributed by atoms with Crippen LogP contribution in [0.1, 0.15) is 36.6 Å². The smallest absolute Gasteiger partial charge is 0.350 e. The fraction of sp³-hybridized carbons (Fsp3) is 0.130. The van der Waals surface area contributed by atoms with Gasteiger partial charge in [-0.25, -0.2) is 14.2 Å². The summed E-state index contributed by atoms with van der Waals surface area (Å²) >= 11 is 2.07. The fourth-order valence-electron chi connectivity index (χ4n) is 3.41. The maximum atomic E-state index is 13.6. The van der Waals surface area contributed by atoms with E-state index in [2.05, 4.69) is 11.6 Å². The first-order valence-electron chi connectivity index (χ1n) is 9.69. The summed E-state index contributed by atoms with van der Waals surface area (Å²) in [6.07, 6.45) is 1.42. The molecule has 33 heavy (non-hydrogen) atoms. The molecule has 1 aliphatic rings. The SMILES string of the molecule is C=CCOC(=O)c1sc(N2C(=O)C(O)=C(C(=O)c3cccs3)C2c2ccc(F)cc2)nc1C. The zero-order valence-corrected chi connectivity index (χ0v) is 18.9. The largest absolute Gasteiger partial charge is 0.503 e. The van der Waals surface area contributed by atoms with Crippen molar-refractivity contribution in [2.75, 3.05) is 11.5 Å². The molecule has 1 N–H and O–H groups in total. The third-order valence-electron chi connectivity index (χ3n) is 4.89. The number of anilines is 1. The summed E-state index contributed by atoms with van der Waals surface area (Å²) < 4.78 is 18.7. The second-order valence-electron chi connectivity index (χ2n) is 7.00. The average Bonchev–Trinajstić information content (AvgIpc) is 3.52. The van der Waals surface area contributed by atoms with Crippen molar-refractivity contribution >= 4 is 45.5 Å². The Morgan fingerprint density at radius 1 is 1.30 bits per heavy atom. The second-order valence-corrected chi connectivity index (χ2v) is 8.92. The summed E-state index contributed by atoms with van der Waals surface area (Å²) in [5.41, 5.74) is 0.585. The van der Waals surface area contributed by atoms with Gasteiger partial charge in [0, 0.05) is 0 Å². The number of ether oxygens (including phenoxy) is 1. The van der Waals surface area contributed by atoms with Gasteiger partial charge in [-0.15, -0.1) is 11.3 Å². The number of hydrogen-bond donors (Lipinski definition) is 1. The first kappa shape index (κ1) is 22.6. The Morgan fingerprint density at radius 3 is 2.67 bits per heavy atom. The summed E-state index contributed by atoms with van der Waals surface area (Å²) in [6.45, 7) is 5.09. The number of aryl methyl sites for hydroxylation is 1. The number of thiophene rings is 1. The third-order valence-corrected chi connectivity index (χ3v) is 6.90. The molecule has 4 rings (SSSR count). The van der Waals surface area contributed by atoms with Crippen LogP contribution in [-0.4, -0.2) is 34.4 Å². The summed E-state index contributed by atoms with van der Waals surface area (Å²) in [5, 5.41) is 12.5. The number of aliphatic hydroxyl groups excluding tert-OH is 1. The van der Waals surface area contributed by atoms with Crippen LogP contribution < -0.4 is 4.90 Å². The van der Waals surface area contributed by atoms with E-state index in [4.69, 9.17) is 4.74 Å². The number of hydrogen-bond acceptors (Lipinski definition) is 8. The monoisotopic (exact) mass is 484 g/mol. The molecule has 10 heteroatoms. The molecule has 0 aliphatic carbocycles. The Balaban J connectivity index is 1.82. The highest BCUT2D eigenvalue weighted by atomic mass is 32.1. The quantitative estimate of drug-likeness (QED) is 0.295. The van der Waals surface area contributed by atoms with E-state index in [9.17, 15) is 23.9 Å². The van der Waals surface area contributed by atoms with Gasteiger partial charge >= 0.3 is 5.97 Å². The normalized spacial score (nSPS) is 15.8. The highest BCUT2D eigenvalue weighted by molar-refractivity contribution is 7.17. The third kappa shape index (κ3) is 4.10.